The van der Waals surface area contributed by atoms with Crippen molar-refractivity contribution in [2.45, 2.75) is 18.6 Å². The minimum atomic E-state index is -4.07. The van der Waals surface area contributed by atoms with Gasteiger partial charge in [-0.1, -0.05) is 6.08 Å². The summed E-state index contributed by atoms with van der Waals surface area (Å²) in [6, 6.07) is 0. The number of allylic oxidation sites excluding steroid dienone is 1. The summed E-state index contributed by atoms with van der Waals surface area (Å²) in [7, 11) is -7.75. The second kappa shape index (κ2) is 2.54. The van der Waals surface area contributed by atoms with Crippen molar-refractivity contribution in [2.24, 2.45) is 5.14 Å². The minimum Gasteiger partial charge on any atom is -0.224 e. The molecule has 0 spiro atoms. The van der Waals surface area contributed by atoms with Gasteiger partial charge in [0.05, 0.1) is 5.25 Å². The Hall–Kier alpha value is -0.400. The maximum absolute atomic E-state index is 11.2. The van der Waals surface area contributed by atoms with Crippen LogP contribution in [0.15, 0.2) is 10.3 Å². The third-order valence-corrected chi connectivity index (χ3v) is 5.81. The maximum atomic E-state index is 11.2. The fourth-order valence-corrected chi connectivity index (χ4v) is 4.17. The third kappa shape index (κ3) is 1.39. The van der Waals surface area contributed by atoms with Crippen molar-refractivity contribution in [1.29, 1.82) is 0 Å². The highest BCUT2D eigenvalue weighted by molar-refractivity contribution is 8.13. The molecule has 1 aliphatic rings. The van der Waals surface area contributed by atoms with Crippen LogP contribution in [0.2, 0.25) is 0 Å². The van der Waals surface area contributed by atoms with Crippen molar-refractivity contribution < 1.29 is 16.8 Å². The van der Waals surface area contributed by atoms with E-state index in [0.29, 0.717) is 0 Å². The predicted octanol–water partition coefficient (Wildman–Crippen LogP) is -0.677. The SMILES string of the molecule is CC1CC=C(S(N)(=O)=O)S1(=O)=O. The van der Waals surface area contributed by atoms with Crippen molar-refractivity contribution in [1.82, 2.24) is 0 Å². The zero-order valence-corrected chi connectivity index (χ0v) is 8.02. The van der Waals surface area contributed by atoms with E-state index in [0.717, 1.165) is 6.08 Å². The highest BCUT2D eigenvalue weighted by atomic mass is 32.3. The van der Waals surface area contributed by atoms with Crippen molar-refractivity contribution in [3.05, 3.63) is 10.3 Å². The fraction of sp³-hybridized carbons (Fsp3) is 0.600. The molecule has 0 fully saturated rings. The van der Waals surface area contributed by atoms with E-state index >= 15 is 0 Å². The van der Waals surface area contributed by atoms with Crippen LogP contribution in [0.3, 0.4) is 0 Å². The second-order valence-electron chi connectivity index (χ2n) is 2.66. The Morgan fingerprint density at radius 3 is 2.25 bits per heavy atom. The first-order chi connectivity index (χ1) is 5.26. The van der Waals surface area contributed by atoms with Gasteiger partial charge in [0.15, 0.2) is 14.1 Å². The molecule has 1 heterocycles. The van der Waals surface area contributed by atoms with E-state index in [4.69, 9.17) is 5.14 Å². The summed E-state index contributed by atoms with van der Waals surface area (Å²) in [4.78, 5) is 0. The van der Waals surface area contributed by atoms with Gasteiger partial charge in [-0.05, 0) is 13.3 Å². The zero-order valence-electron chi connectivity index (χ0n) is 6.39. The molecule has 1 aliphatic heterocycles. The molecule has 0 aliphatic carbocycles. The number of hydrogen-bond donors (Lipinski definition) is 1. The van der Waals surface area contributed by atoms with E-state index in [9.17, 15) is 16.8 Å². The van der Waals surface area contributed by atoms with Gasteiger partial charge in [-0.3, -0.25) is 0 Å². The highest BCUT2D eigenvalue weighted by Gasteiger charge is 2.37. The molecule has 70 valence electrons. The topological polar surface area (TPSA) is 94.3 Å². The van der Waals surface area contributed by atoms with Gasteiger partial charge < -0.3 is 0 Å². The van der Waals surface area contributed by atoms with Crippen LogP contribution in [-0.4, -0.2) is 22.1 Å². The molecule has 12 heavy (non-hydrogen) atoms. The van der Waals surface area contributed by atoms with Gasteiger partial charge in [0.1, 0.15) is 0 Å². The molecule has 7 heteroatoms. The summed E-state index contributed by atoms with van der Waals surface area (Å²) in [5.41, 5.74) is 0. The van der Waals surface area contributed by atoms with Crippen molar-refractivity contribution in [3.63, 3.8) is 0 Å². The highest BCUT2D eigenvalue weighted by Crippen LogP contribution is 2.27. The van der Waals surface area contributed by atoms with E-state index in [2.05, 4.69) is 0 Å². The summed E-state index contributed by atoms with van der Waals surface area (Å²) in [6.07, 6.45) is 1.36. The molecule has 2 N–H and O–H groups in total. The molecule has 0 aromatic heterocycles. The Morgan fingerprint density at radius 2 is 2.08 bits per heavy atom. The number of nitrogens with two attached hydrogens (primary N) is 1. The summed E-state index contributed by atoms with van der Waals surface area (Å²) in [6.45, 7) is 1.45. The third-order valence-electron chi connectivity index (χ3n) is 1.71. The van der Waals surface area contributed by atoms with Crippen LogP contribution in [0.25, 0.3) is 0 Å². The van der Waals surface area contributed by atoms with E-state index in [1.165, 1.54) is 6.92 Å². The lowest BCUT2D eigenvalue weighted by atomic mass is 10.3. The lowest BCUT2D eigenvalue weighted by Crippen LogP contribution is -2.23. The Balaban J connectivity index is 3.32. The molecule has 0 aromatic rings. The van der Waals surface area contributed by atoms with Gasteiger partial charge in [-0.25, -0.2) is 22.0 Å². The normalized spacial score (nSPS) is 28.5. The zero-order chi connectivity index (χ0) is 9.57. The number of sulfone groups is 1. The monoisotopic (exact) mass is 211 g/mol. The molecular formula is C5H9NO4S2. The number of primary sulfonamides is 1. The Labute approximate surface area is 71.2 Å². The van der Waals surface area contributed by atoms with Crippen LogP contribution >= 0.6 is 0 Å². The van der Waals surface area contributed by atoms with Gasteiger partial charge in [0.25, 0.3) is 0 Å². The number of hydrogen-bond acceptors (Lipinski definition) is 4. The largest absolute Gasteiger partial charge is 0.248 e. The molecule has 1 atom stereocenters. The van der Waals surface area contributed by atoms with E-state index in [1.807, 2.05) is 0 Å². The van der Waals surface area contributed by atoms with Crippen molar-refractivity contribution >= 4 is 19.9 Å². The molecule has 0 amide bonds. The molecule has 0 aromatic carbocycles. The van der Waals surface area contributed by atoms with E-state index in [1.54, 1.807) is 0 Å². The molecule has 0 saturated carbocycles. The summed E-state index contributed by atoms with van der Waals surface area (Å²) >= 11 is 0. The molecule has 0 bridgehead atoms. The number of sulfonamides is 1. The fourth-order valence-electron chi connectivity index (χ4n) is 0.981. The molecule has 5 nitrogen and oxygen atoms in total. The summed E-state index contributed by atoms with van der Waals surface area (Å²) in [5.74, 6) is 0. The summed E-state index contributed by atoms with van der Waals surface area (Å²) < 4.78 is 43.2. The lowest BCUT2D eigenvalue weighted by Gasteiger charge is -2.03. The Kier molecular flexibility index (Phi) is 2.05. The van der Waals surface area contributed by atoms with Gasteiger partial charge in [-0.15, -0.1) is 0 Å². The van der Waals surface area contributed by atoms with Crippen molar-refractivity contribution in [3.8, 4) is 0 Å². The van der Waals surface area contributed by atoms with Crippen LogP contribution in [0.1, 0.15) is 13.3 Å². The molecule has 1 rings (SSSR count). The van der Waals surface area contributed by atoms with Crippen LogP contribution in [0, 0.1) is 0 Å². The first kappa shape index (κ1) is 9.69. The molecule has 0 radical (unpaired) electrons. The van der Waals surface area contributed by atoms with Gasteiger partial charge in [0, 0.05) is 0 Å². The Bertz CT molecular complexity index is 416. The standard InChI is InChI=1S/C5H9NO4S2/c1-4-2-3-5(11(4,7)8)12(6,9)10/h3-4H,2H2,1H3,(H2,6,9,10). The van der Waals surface area contributed by atoms with E-state index in [-0.39, 0.29) is 6.42 Å². The maximum Gasteiger partial charge on any atom is 0.248 e. The van der Waals surface area contributed by atoms with Gasteiger partial charge in [0.2, 0.25) is 10.0 Å². The minimum absolute atomic E-state index is 0.216. The average Bonchev–Trinajstić information content (AvgIpc) is 2.06. The van der Waals surface area contributed by atoms with Crippen LogP contribution in [-0.2, 0) is 19.9 Å². The first-order valence-corrected chi connectivity index (χ1v) is 6.32. The summed E-state index contributed by atoms with van der Waals surface area (Å²) in [5, 5.41) is 4.03. The molecule has 0 saturated heterocycles. The van der Waals surface area contributed by atoms with Crippen LogP contribution < -0.4 is 5.14 Å². The van der Waals surface area contributed by atoms with Crippen molar-refractivity contribution in [2.75, 3.05) is 0 Å². The Morgan fingerprint density at radius 1 is 1.58 bits per heavy atom. The smallest absolute Gasteiger partial charge is 0.224 e. The van der Waals surface area contributed by atoms with Crippen LogP contribution in [0.4, 0.5) is 0 Å². The predicted molar refractivity (Wildman–Crippen MR) is 44.2 cm³/mol. The average molecular weight is 211 g/mol. The molecule has 1 unspecified atom stereocenters. The lowest BCUT2D eigenvalue weighted by molar-refractivity contribution is 0.591. The second-order valence-corrected chi connectivity index (χ2v) is 6.78. The first-order valence-electron chi connectivity index (χ1n) is 3.23. The quantitative estimate of drug-likeness (QED) is 0.622. The van der Waals surface area contributed by atoms with Gasteiger partial charge in [-0.2, -0.15) is 0 Å². The number of rotatable bonds is 1. The van der Waals surface area contributed by atoms with Crippen LogP contribution in [0.5, 0.6) is 0 Å². The van der Waals surface area contributed by atoms with E-state index < -0.39 is 29.3 Å². The van der Waals surface area contributed by atoms with Gasteiger partial charge >= 0.3 is 0 Å². The molecular weight excluding hydrogens is 202 g/mol.